The van der Waals surface area contributed by atoms with E-state index < -0.39 is 10.0 Å². The second-order valence-corrected chi connectivity index (χ2v) is 10.4. The number of hydrogen-bond acceptors (Lipinski definition) is 3. The molecule has 0 saturated heterocycles. The van der Waals surface area contributed by atoms with Crippen molar-refractivity contribution in [3.63, 3.8) is 0 Å². The summed E-state index contributed by atoms with van der Waals surface area (Å²) in [6, 6.07) is 27.0. The molecule has 2 N–H and O–H groups in total. The average Bonchev–Trinajstić information content (AvgIpc) is 3.55. The first-order valence-electron chi connectivity index (χ1n) is 11.5. The molecule has 0 saturated carbocycles. The van der Waals surface area contributed by atoms with Crippen molar-refractivity contribution in [3.8, 4) is 22.4 Å². The first-order chi connectivity index (χ1) is 17.1. The Hall–Kier alpha value is -4.00. The van der Waals surface area contributed by atoms with Gasteiger partial charge in [-0.1, -0.05) is 72.8 Å². The van der Waals surface area contributed by atoms with Crippen molar-refractivity contribution in [2.45, 2.75) is 17.9 Å². The summed E-state index contributed by atoms with van der Waals surface area (Å²) < 4.78 is 28.6. The minimum Gasteiger partial charge on any atom is -0.339 e. The van der Waals surface area contributed by atoms with Gasteiger partial charge in [0.2, 0.25) is 10.0 Å². The molecule has 2 aromatic heterocycles. The van der Waals surface area contributed by atoms with Crippen LogP contribution in [-0.2, 0) is 23.0 Å². The van der Waals surface area contributed by atoms with Gasteiger partial charge in [0.25, 0.3) is 0 Å². The van der Waals surface area contributed by atoms with Crippen LogP contribution in [-0.4, -0.2) is 18.4 Å². The number of hydrogen-bond donors (Lipinski definition) is 2. The minimum atomic E-state index is -3.66. The van der Waals surface area contributed by atoms with Gasteiger partial charge in [0, 0.05) is 23.8 Å². The van der Waals surface area contributed by atoms with Crippen LogP contribution in [0.2, 0.25) is 0 Å². The molecule has 6 rings (SSSR count). The van der Waals surface area contributed by atoms with Gasteiger partial charge in [-0.2, -0.15) is 0 Å². The van der Waals surface area contributed by atoms with E-state index in [1.165, 1.54) is 16.7 Å². The fourth-order valence-corrected chi connectivity index (χ4v) is 5.70. The Morgan fingerprint density at radius 3 is 2.63 bits per heavy atom. The van der Waals surface area contributed by atoms with Crippen molar-refractivity contribution < 1.29 is 8.42 Å². The van der Waals surface area contributed by atoms with E-state index in [0.29, 0.717) is 0 Å². The quantitative estimate of drug-likeness (QED) is 0.318. The van der Waals surface area contributed by atoms with Crippen LogP contribution in [0.5, 0.6) is 0 Å². The first kappa shape index (κ1) is 21.5. The summed E-state index contributed by atoms with van der Waals surface area (Å²) in [6.45, 7) is 0.239. The lowest BCUT2D eigenvalue weighted by atomic mass is 9.96. The molecular formula is C29H23N3O2S. The van der Waals surface area contributed by atoms with Crippen LogP contribution in [0.4, 0.5) is 0 Å². The number of benzene rings is 3. The molecule has 0 unspecified atom stereocenters. The SMILES string of the molecule is O=S(=O)(NCc1ccccc1)c1cccc(-c2cc3c(-c4cccc5c4C=CC5)ccnc3[nH]2)c1. The Kier molecular flexibility index (Phi) is 5.32. The molecule has 0 aliphatic heterocycles. The predicted octanol–water partition coefficient (Wildman–Crippen LogP) is 5.94. The summed E-state index contributed by atoms with van der Waals surface area (Å²) in [5.41, 5.74) is 8.14. The van der Waals surface area contributed by atoms with Gasteiger partial charge in [-0.3, -0.25) is 0 Å². The zero-order valence-corrected chi connectivity index (χ0v) is 19.7. The highest BCUT2D eigenvalue weighted by Gasteiger charge is 2.17. The molecule has 172 valence electrons. The van der Waals surface area contributed by atoms with Crippen LogP contribution in [0.3, 0.4) is 0 Å². The monoisotopic (exact) mass is 477 g/mol. The molecule has 5 aromatic rings. The molecule has 0 bridgehead atoms. The molecule has 1 aliphatic rings. The van der Waals surface area contributed by atoms with Crippen LogP contribution in [0, 0.1) is 0 Å². The lowest BCUT2D eigenvalue weighted by molar-refractivity contribution is 0.581. The highest BCUT2D eigenvalue weighted by atomic mass is 32.2. The Labute approximate surface area is 204 Å². The summed E-state index contributed by atoms with van der Waals surface area (Å²) >= 11 is 0. The minimum absolute atomic E-state index is 0.226. The van der Waals surface area contributed by atoms with Crippen molar-refractivity contribution in [3.05, 3.63) is 114 Å². The van der Waals surface area contributed by atoms with Crippen molar-refractivity contribution in [1.29, 1.82) is 0 Å². The first-order valence-corrected chi connectivity index (χ1v) is 13.0. The van der Waals surface area contributed by atoms with E-state index in [-0.39, 0.29) is 11.4 Å². The molecule has 0 radical (unpaired) electrons. The number of nitrogens with one attached hydrogen (secondary N) is 2. The van der Waals surface area contributed by atoms with Crippen LogP contribution in [0.1, 0.15) is 16.7 Å². The van der Waals surface area contributed by atoms with Crippen molar-refractivity contribution >= 4 is 27.1 Å². The molecule has 2 heterocycles. The number of allylic oxidation sites excluding steroid dienone is 1. The normalized spacial score (nSPS) is 12.8. The molecule has 6 heteroatoms. The third-order valence-corrected chi connectivity index (χ3v) is 7.80. The van der Waals surface area contributed by atoms with E-state index in [9.17, 15) is 8.42 Å². The Balaban J connectivity index is 1.36. The summed E-state index contributed by atoms with van der Waals surface area (Å²) in [5, 5.41) is 1.01. The summed E-state index contributed by atoms with van der Waals surface area (Å²) in [7, 11) is -3.66. The molecule has 0 atom stereocenters. The lowest BCUT2D eigenvalue weighted by Gasteiger charge is -2.09. The van der Waals surface area contributed by atoms with E-state index >= 15 is 0 Å². The van der Waals surface area contributed by atoms with Gasteiger partial charge < -0.3 is 4.98 Å². The maximum atomic E-state index is 13.0. The number of rotatable bonds is 6. The molecule has 5 nitrogen and oxygen atoms in total. The smallest absolute Gasteiger partial charge is 0.240 e. The molecule has 3 aromatic carbocycles. The Morgan fingerprint density at radius 2 is 1.74 bits per heavy atom. The molecular weight excluding hydrogens is 454 g/mol. The molecule has 35 heavy (non-hydrogen) atoms. The van der Waals surface area contributed by atoms with Gasteiger partial charge in [0.05, 0.1) is 4.90 Å². The third-order valence-electron chi connectivity index (χ3n) is 6.41. The van der Waals surface area contributed by atoms with E-state index in [1.54, 1.807) is 18.2 Å². The molecule has 0 amide bonds. The fourth-order valence-electron chi connectivity index (χ4n) is 4.63. The van der Waals surface area contributed by atoms with Crippen molar-refractivity contribution in [1.82, 2.24) is 14.7 Å². The largest absolute Gasteiger partial charge is 0.339 e. The number of fused-ring (bicyclic) bond motifs is 2. The number of aromatic nitrogens is 2. The number of H-pyrrole nitrogens is 1. The van der Waals surface area contributed by atoms with Gasteiger partial charge >= 0.3 is 0 Å². The number of aromatic amines is 1. The molecule has 0 fully saturated rings. The predicted molar refractivity (Wildman–Crippen MR) is 140 cm³/mol. The maximum Gasteiger partial charge on any atom is 0.240 e. The lowest BCUT2D eigenvalue weighted by Crippen LogP contribution is -2.23. The third kappa shape index (κ3) is 4.07. The topological polar surface area (TPSA) is 74.8 Å². The highest BCUT2D eigenvalue weighted by molar-refractivity contribution is 7.89. The molecule has 0 spiro atoms. The van der Waals surface area contributed by atoms with E-state index in [0.717, 1.165) is 39.8 Å². The Bertz CT molecular complexity index is 1690. The standard InChI is InChI=1S/C29H23N3O2S/c33-35(34,31-19-20-7-2-1-3-8-20)23-12-4-11-22(17-23)28-18-27-26(15-16-30-29(27)32-28)25-14-6-10-21-9-5-13-24(21)25/h1-8,10-18,31H,9,19H2,(H,30,32). The fraction of sp³-hybridized carbons (Fsp3) is 0.0690. The van der Waals surface area contributed by atoms with Crippen molar-refractivity contribution in [2.75, 3.05) is 0 Å². The maximum absolute atomic E-state index is 13.0. The number of pyridine rings is 1. The summed E-state index contributed by atoms with van der Waals surface area (Å²) in [4.78, 5) is 8.14. The van der Waals surface area contributed by atoms with Crippen LogP contribution < -0.4 is 4.72 Å². The van der Waals surface area contributed by atoms with Gasteiger partial charge in [0.15, 0.2) is 0 Å². The summed E-state index contributed by atoms with van der Waals surface area (Å²) in [6.07, 6.45) is 7.13. The van der Waals surface area contributed by atoms with Crippen LogP contribution >= 0.6 is 0 Å². The van der Waals surface area contributed by atoms with Crippen LogP contribution in [0.15, 0.2) is 102 Å². The van der Waals surface area contributed by atoms with E-state index in [1.807, 2.05) is 48.7 Å². The second-order valence-electron chi connectivity index (χ2n) is 8.63. The van der Waals surface area contributed by atoms with Gasteiger partial charge in [-0.05, 0) is 64.1 Å². The zero-order chi connectivity index (χ0) is 23.8. The van der Waals surface area contributed by atoms with E-state index in [4.69, 9.17) is 0 Å². The van der Waals surface area contributed by atoms with Gasteiger partial charge in [0.1, 0.15) is 5.65 Å². The molecule has 1 aliphatic carbocycles. The van der Waals surface area contributed by atoms with Crippen LogP contribution in [0.25, 0.3) is 39.5 Å². The van der Waals surface area contributed by atoms with E-state index in [2.05, 4.69) is 51.1 Å². The number of sulfonamides is 1. The van der Waals surface area contributed by atoms with Crippen molar-refractivity contribution in [2.24, 2.45) is 0 Å². The summed E-state index contributed by atoms with van der Waals surface area (Å²) in [5.74, 6) is 0. The van der Waals surface area contributed by atoms with Gasteiger partial charge in [-0.25, -0.2) is 18.1 Å². The van der Waals surface area contributed by atoms with Gasteiger partial charge in [-0.15, -0.1) is 0 Å². The second kappa shape index (κ2) is 8.65. The number of nitrogens with zero attached hydrogens (tertiary/aromatic N) is 1. The average molecular weight is 478 g/mol. The highest BCUT2D eigenvalue weighted by Crippen LogP contribution is 2.36. The zero-order valence-electron chi connectivity index (χ0n) is 18.9. The Morgan fingerprint density at radius 1 is 0.886 bits per heavy atom.